The molecule has 3 aromatic rings. The zero-order valence-electron chi connectivity index (χ0n) is 17.2. The van der Waals surface area contributed by atoms with E-state index < -0.39 is 10.8 Å². The lowest BCUT2D eigenvalue weighted by molar-refractivity contribution is -0.384. The van der Waals surface area contributed by atoms with Crippen LogP contribution in [0.4, 0.5) is 5.69 Å². The lowest BCUT2D eigenvalue weighted by Crippen LogP contribution is -2.17. The number of nitrogens with one attached hydrogen (secondary N) is 1. The molecule has 1 amide bonds. The summed E-state index contributed by atoms with van der Waals surface area (Å²) in [6.07, 6.45) is 1.47. The molecule has 0 unspecified atom stereocenters. The van der Waals surface area contributed by atoms with E-state index in [0.29, 0.717) is 34.7 Å². The molecule has 3 aromatic carbocycles. The minimum atomic E-state index is -0.527. The first-order valence-electron chi connectivity index (χ1n) is 9.69. The normalized spacial score (nSPS) is 10.7. The molecule has 164 valence electrons. The van der Waals surface area contributed by atoms with Crippen LogP contribution >= 0.6 is 15.9 Å². The van der Waals surface area contributed by atoms with Gasteiger partial charge in [0.15, 0.2) is 11.5 Å². The molecule has 0 spiro atoms. The molecular weight excluding hydrogens is 478 g/mol. The molecule has 3 rings (SSSR count). The number of carbonyl (C=O) groups is 1. The van der Waals surface area contributed by atoms with E-state index in [-0.39, 0.29) is 11.3 Å². The monoisotopic (exact) mass is 497 g/mol. The number of amides is 1. The van der Waals surface area contributed by atoms with Crippen LogP contribution in [-0.4, -0.2) is 23.7 Å². The van der Waals surface area contributed by atoms with Gasteiger partial charge in [-0.15, -0.1) is 0 Å². The standard InChI is InChI=1S/C23H20BrN3O5/c1-2-31-21-12-18(20(24)13-22(21)32-15-16-6-4-3-5-7-16)14-25-26-23(28)17-8-10-19(11-9-17)27(29)30/h3-14H,2,15H2,1H3,(H,26,28)/b25-14-. The molecule has 32 heavy (non-hydrogen) atoms. The highest BCUT2D eigenvalue weighted by Crippen LogP contribution is 2.33. The van der Waals surface area contributed by atoms with Crippen LogP contribution in [-0.2, 0) is 6.61 Å². The average molecular weight is 498 g/mol. The number of benzene rings is 3. The van der Waals surface area contributed by atoms with Gasteiger partial charge in [-0.05, 0) is 52.7 Å². The Kier molecular flexibility index (Phi) is 7.93. The van der Waals surface area contributed by atoms with Crippen molar-refractivity contribution in [3.8, 4) is 11.5 Å². The Morgan fingerprint density at radius 1 is 1.09 bits per heavy atom. The van der Waals surface area contributed by atoms with Gasteiger partial charge < -0.3 is 9.47 Å². The van der Waals surface area contributed by atoms with Gasteiger partial charge in [-0.25, -0.2) is 5.43 Å². The van der Waals surface area contributed by atoms with Crippen LogP contribution in [0.3, 0.4) is 0 Å². The zero-order chi connectivity index (χ0) is 22.9. The second-order valence-electron chi connectivity index (χ2n) is 6.53. The summed E-state index contributed by atoms with van der Waals surface area (Å²) in [7, 11) is 0. The number of non-ortho nitro benzene ring substituents is 1. The topological polar surface area (TPSA) is 103 Å². The second-order valence-corrected chi connectivity index (χ2v) is 7.39. The van der Waals surface area contributed by atoms with E-state index in [0.717, 1.165) is 5.56 Å². The Morgan fingerprint density at radius 2 is 1.78 bits per heavy atom. The van der Waals surface area contributed by atoms with Crippen molar-refractivity contribution in [2.45, 2.75) is 13.5 Å². The fourth-order valence-corrected chi connectivity index (χ4v) is 3.15. The van der Waals surface area contributed by atoms with Crippen LogP contribution in [0.25, 0.3) is 0 Å². The molecule has 1 N–H and O–H groups in total. The van der Waals surface area contributed by atoms with Gasteiger partial charge in [0, 0.05) is 27.7 Å². The highest BCUT2D eigenvalue weighted by Gasteiger charge is 2.12. The molecule has 0 aliphatic carbocycles. The largest absolute Gasteiger partial charge is 0.490 e. The number of hydrogen-bond acceptors (Lipinski definition) is 6. The van der Waals surface area contributed by atoms with Crippen LogP contribution in [0, 0.1) is 10.1 Å². The number of hydrazone groups is 1. The van der Waals surface area contributed by atoms with Gasteiger partial charge in [-0.3, -0.25) is 14.9 Å². The maximum Gasteiger partial charge on any atom is 0.271 e. The summed E-state index contributed by atoms with van der Waals surface area (Å²) in [5.41, 5.74) is 4.27. The fourth-order valence-electron chi connectivity index (χ4n) is 2.73. The fraction of sp³-hybridized carbons (Fsp3) is 0.130. The highest BCUT2D eigenvalue weighted by molar-refractivity contribution is 9.10. The molecule has 0 aliphatic rings. The molecule has 0 heterocycles. The molecule has 0 aliphatic heterocycles. The Labute approximate surface area is 193 Å². The van der Waals surface area contributed by atoms with Crippen LogP contribution in [0.5, 0.6) is 11.5 Å². The summed E-state index contributed by atoms with van der Waals surface area (Å²) in [5, 5.41) is 14.7. The van der Waals surface area contributed by atoms with Gasteiger partial charge in [0.1, 0.15) is 6.61 Å². The number of nitro benzene ring substituents is 1. The number of carbonyl (C=O) groups excluding carboxylic acids is 1. The van der Waals surface area contributed by atoms with E-state index in [1.165, 1.54) is 30.5 Å². The van der Waals surface area contributed by atoms with E-state index in [1.807, 2.05) is 37.3 Å². The molecule has 0 bridgehead atoms. The Balaban J connectivity index is 1.69. The maximum absolute atomic E-state index is 12.2. The Morgan fingerprint density at radius 3 is 2.44 bits per heavy atom. The average Bonchev–Trinajstić information content (AvgIpc) is 2.80. The predicted molar refractivity (Wildman–Crippen MR) is 124 cm³/mol. The first-order chi connectivity index (χ1) is 15.5. The molecule has 0 saturated heterocycles. The number of nitro groups is 1. The summed E-state index contributed by atoms with van der Waals surface area (Å²) in [6.45, 7) is 2.73. The van der Waals surface area contributed by atoms with Crippen LogP contribution in [0.15, 0.2) is 76.3 Å². The van der Waals surface area contributed by atoms with E-state index in [4.69, 9.17) is 9.47 Å². The highest BCUT2D eigenvalue weighted by atomic mass is 79.9. The quantitative estimate of drug-likeness (QED) is 0.251. The summed E-state index contributed by atoms with van der Waals surface area (Å²) in [5.74, 6) is 0.643. The molecule has 0 radical (unpaired) electrons. The molecule has 0 fully saturated rings. The SMILES string of the molecule is CCOc1cc(/C=N\NC(=O)c2ccc([N+](=O)[O-])cc2)c(Br)cc1OCc1ccccc1. The van der Waals surface area contributed by atoms with Crippen molar-refractivity contribution in [2.75, 3.05) is 6.61 Å². The third-order valence-corrected chi connectivity index (χ3v) is 5.00. The number of rotatable bonds is 9. The van der Waals surface area contributed by atoms with Gasteiger partial charge in [0.2, 0.25) is 0 Å². The predicted octanol–water partition coefficient (Wildman–Crippen LogP) is 5.10. The first-order valence-corrected chi connectivity index (χ1v) is 10.5. The van der Waals surface area contributed by atoms with Crippen molar-refractivity contribution < 1.29 is 19.2 Å². The molecule has 0 atom stereocenters. The molecular formula is C23H20BrN3O5. The molecule has 0 saturated carbocycles. The lowest BCUT2D eigenvalue weighted by Gasteiger charge is -2.14. The van der Waals surface area contributed by atoms with Crippen LogP contribution < -0.4 is 14.9 Å². The molecule has 8 nitrogen and oxygen atoms in total. The van der Waals surface area contributed by atoms with Crippen molar-refractivity contribution in [1.82, 2.24) is 5.43 Å². The minimum Gasteiger partial charge on any atom is -0.490 e. The molecule has 0 aromatic heterocycles. The first kappa shape index (κ1) is 23.0. The third-order valence-electron chi connectivity index (χ3n) is 4.31. The van der Waals surface area contributed by atoms with Crippen LogP contribution in [0.2, 0.25) is 0 Å². The zero-order valence-corrected chi connectivity index (χ0v) is 18.7. The van der Waals surface area contributed by atoms with E-state index >= 15 is 0 Å². The van der Waals surface area contributed by atoms with E-state index in [2.05, 4.69) is 26.5 Å². The summed E-state index contributed by atoms with van der Waals surface area (Å²) in [6, 6.07) is 18.6. The van der Waals surface area contributed by atoms with Crippen molar-refractivity contribution >= 4 is 33.7 Å². The maximum atomic E-state index is 12.2. The second kappa shape index (κ2) is 11.1. The van der Waals surface area contributed by atoms with Crippen LogP contribution in [0.1, 0.15) is 28.4 Å². The van der Waals surface area contributed by atoms with Gasteiger partial charge in [-0.1, -0.05) is 30.3 Å². The third kappa shape index (κ3) is 6.14. The van der Waals surface area contributed by atoms with Gasteiger partial charge in [0.25, 0.3) is 11.6 Å². The number of hydrogen-bond donors (Lipinski definition) is 1. The summed E-state index contributed by atoms with van der Waals surface area (Å²) in [4.78, 5) is 22.4. The van der Waals surface area contributed by atoms with Crippen molar-refractivity contribution in [2.24, 2.45) is 5.10 Å². The lowest BCUT2D eigenvalue weighted by atomic mass is 10.2. The number of ether oxygens (including phenoxy) is 2. The van der Waals surface area contributed by atoms with Gasteiger partial charge >= 0.3 is 0 Å². The van der Waals surface area contributed by atoms with E-state index in [9.17, 15) is 14.9 Å². The van der Waals surface area contributed by atoms with Crippen molar-refractivity contribution in [3.63, 3.8) is 0 Å². The number of nitrogens with zero attached hydrogens (tertiary/aromatic N) is 2. The van der Waals surface area contributed by atoms with Crippen molar-refractivity contribution in [3.05, 3.63) is 98.0 Å². The minimum absolute atomic E-state index is 0.0907. The van der Waals surface area contributed by atoms with Gasteiger partial charge in [-0.2, -0.15) is 5.10 Å². The smallest absolute Gasteiger partial charge is 0.271 e. The number of halogens is 1. The summed E-state index contributed by atoms with van der Waals surface area (Å²) < 4.78 is 12.3. The summed E-state index contributed by atoms with van der Waals surface area (Å²) >= 11 is 3.49. The van der Waals surface area contributed by atoms with Crippen molar-refractivity contribution in [1.29, 1.82) is 0 Å². The Hall–Kier alpha value is -3.72. The van der Waals surface area contributed by atoms with E-state index in [1.54, 1.807) is 12.1 Å². The van der Waals surface area contributed by atoms with Gasteiger partial charge in [0.05, 0.1) is 17.7 Å². The molecule has 9 heteroatoms. The Bertz CT molecular complexity index is 1120.